The number of alkyl halides is 1. The van der Waals surface area contributed by atoms with E-state index in [0.717, 1.165) is 11.1 Å². The van der Waals surface area contributed by atoms with Crippen LogP contribution in [0.4, 0.5) is 0 Å². The fourth-order valence-electron chi connectivity index (χ4n) is 2.88. The van der Waals surface area contributed by atoms with Crippen LogP contribution in [0.1, 0.15) is 32.6 Å². The summed E-state index contributed by atoms with van der Waals surface area (Å²) in [7, 11) is 0. The summed E-state index contributed by atoms with van der Waals surface area (Å²) in [5.74, 6) is -0.420. The first-order chi connectivity index (χ1) is 9.95. The smallest absolute Gasteiger partial charge is 0.408 e. The van der Waals surface area contributed by atoms with Crippen molar-refractivity contribution in [3.8, 4) is 0 Å². The van der Waals surface area contributed by atoms with Gasteiger partial charge in [0.05, 0.1) is 10.3 Å². The van der Waals surface area contributed by atoms with Crippen molar-refractivity contribution in [1.82, 2.24) is 4.98 Å². The number of aromatic nitrogens is 1. The summed E-state index contributed by atoms with van der Waals surface area (Å²) in [5, 5.41) is 0. The molecule has 0 saturated carbocycles. The maximum absolute atomic E-state index is 11.3. The SMILES string of the molecule is Cc1cc(C)c(C(Br)c2ccc3[nH]c(=O)oc3c2)c(C)c1. The van der Waals surface area contributed by atoms with Crippen molar-refractivity contribution < 1.29 is 4.42 Å². The van der Waals surface area contributed by atoms with Crippen LogP contribution in [0.5, 0.6) is 0 Å². The van der Waals surface area contributed by atoms with Gasteiger partial charge >= 0.3 is 5.76 Å². The molecule has 0 spiro atoms. The lowest BCUT2D eigenvalue weighted by Gasteiger charge is -2.17. The van der Waals surface area contributed by atoms with Crippen LogP contribution in [-0.4, -0.2) is 4.98 Å². The zero-order valence-electron chi connectivity index (χ0n) is 12.2. The molecule has 0 aliphatic carbocycles. The average Bonchev–Trinajstić information content (AvgIpc) is 2.76. The molecule has 3 rings (SSSR count). The van der Waals surface area contributed by atoms with Crippen LogP contribution >= 0.6 is 15.9 Å². The number of H-pyrrole nitrogens is 1. The van der Waals surface area contributed by atoms with E-state index < -0.39 is 5.76 Å². The van der Waals surface area contributed by atoms with Crippen LogP contribution in [0.2, 0.25) is 0 Å². The number of rotatable bonds is 2. The van der Waals surface area contributed by atoms with Crippen LogP contribution in [0, 0.1) is 20.8 Å². The second kappa shape index (κ2) is 5.19. The Morgan fingerprint density at radius 2 is 1.76 bits per heavy atom. The highest BCUT2D eigenvalue weighted by Gasteiger charge is 2.17. The molecule has 1 aromatic heterocycles. The number of nitrogens with one attached hydrogen (secondary N) is 1. The summed E-state index contributed by atoms with van der Waals surface area (Å²) < 4.78 is 5.14. The molecule has 108 valence electrons. The molecule has 0 aliphatic heterocycles. The topological polar surface area (TPSA) is 46.0 Å². The van der Waals surface area contributed by atoms with Gasteiger partial charge in [-0.15, -0.1) is 0 Å². The van der Waals surface area contributed by atoms with Gasteiger partial charge in [-0.1, -0.05) is 39.7 Å². The quantitative estimate of drug-likeness (QED) is 0.693. The van der Waals surface area contributed by atoms with Crippen LogP contribution in [0.15, 0.2) is 39.5 Å². The number of halogens is 1. The number of aromatic amines is 1. The molecule has 0 fully saturated rings. The second-order valence-electron chi connectivity index (χ2n) is 5.45. The lowest BCUT2D eigenvalue weighted by molar-refractivity contribution is 0.555. The van der Waals surface area contributed by atoms with Gasteiger partial charge in [0.15, 0.2) is 5.58 Å². The van der Waals surface area contributed by atoms with Crippen LogP contribution in [0.25, 0.3) is 11.1 Å². The molecule has 4 heteroatoms. The van der Waals surface area contributed by atoms with Crippen LogP contribution in [0.3, 0.4) is 0 Å². The summed E-state index contributed by atoms with van der Waals surface area (Å²) in [6.07, 6.45) is 0. The van der Waals surface area contributed by atoms with Crippen molar-refractivity contribution in [2.24, 2.45) is 0 Å². The lowest BCUT2D eigenvalue weighted by Crippen LogP contribution is -2.00. The standard InChI is InChI=1S/C17H16BrNO2/c1-9-6-10(2)15(11(3)7-9)16(18)12-4-5-13-14(8-12)21-17(20)19-13/h4-8,16H,1-3H3,(H,19,20). The first-order valence-electron chi connectivity index (χ1n) is 6.80. The van der Waals surface area contributed by atoms with Crippen molar-refractivity contribution in [3.63, 3.8) is 0 Å². The molecule has 21 heavy (non-hydrogen) atoms. The maximum Gasteiger partial charge on any atom is 0.417 e. The molecule has 3 aromatic rings. The Bertz CT molecular complexity index is 853. The number of hydrogen-bond donors (Lipinski definition) is 1. The van der Waals surface area contributed by atoms with Crippen molar-refractivity contribution in [1.29, 1.82) is 0 Å². The Morgan fingerprint density at radius 3 is 2.43 bits per heavy atom. The van der Waals surface area contributed by atoms with Crippen molar-refractivity contribution in [2.45, 2.75) is 25.6 Å². The summed E-state index contributed by atoms with van der Waals surface area (Å²) in [4.78, 5) is 14.0. The van der Waals surface area contributed by atoms with E-state index in [0.29, 0.717) is 5.58 Å². The van der Waals surface area contributed by atoms with Gasteiger partial charge in [-0.2, -0.15) is 0 Å². The maximum atomic E-state index is 11.3. The largest absolute Gasteiger partial charge is 0.417 e. The molecule has 2 aromatic carbocycles. The predicted molar refractivity (Wildman–Crippen MR) is 88.3 cm³/mol. The van der Waals surface area contributed by atoms with E-state index >= 15 is 0 Å². The van der Waals surface area contributed by atoms with Gasteiger partial charge in [0.2, 0.25) is 0 Å². The Labute approximate surface area is 131 Å². The molecule has 1 N–H and O–H groups in total. The van der Waals surface area contributed by atoms with Gasteiger partial charge in [0.25, 0.3) is 0 Å². The molecular weight excluding hydrogens is 330 g/mol. The average molecular weight is 346 g/mol. The van der Waals surface area contributed by atoms with E-state index in [4.69, 9.17) is 4.42 Å². The van der Waals surface area contributed by atoms with Crippen LogP contribution in [-0.2, 0) is 0 Å². The van der Waals surface area contributed by atoms with E-state index in [-0.39, 0.29) is 4.83 Å². The number of fused-ring (bicyclic) bond motifs is 1. The first kappa shape index (κ1) is 14.1. The van der Waals surface area contributed by atoms with E-state index in [1.807, 2.05) is 18.2 Å². The molecule has 0 radical (unpaired) electrons. The third-order valence-corrected chi connectivity index (χ3v) is 4.72. The molecule has 1 heterocycles. The molecular formula is C17H16BrNO2. The highest BCUT2D eigenvalue weighted by Crippen LogP contribution is 2.36. The van der Waals surface area contributed by atoms with E-state index in [1.54, 1.807) is 0 Å². The van der Waals surface area contributed by atoms with E-state index in [1.165, 1.54) is 22.3 Å². The minimum Gasteiger partial charge on any atom is -0.408 e. The van der Waals surface area contributed by atoms with Gasteiger partial charge in [-0.25, -0.2) is 4.79 Å². The highest BCUT2D eigenvalue weighted by atomic mass is 79.9. The van der Waals surface area contributed by atoms with Gasteiger partial charge < -0.3 is 4.42 Å². The van der Waals surface area contributed by atoms with Crippen molar-refractivity contribution in [2.75, 3.05) is 0 Å². The predicted octanol–water partition coefficient (Wildman–Crippen LogP) is 4.53. The molecule has 0 bridgehead atoms. The van der Waals surface area contributed by atoms with Gasteiger partial charge in [-0.05, 0) is 55.2 Å². The summed E-state index contributed by atoms with van der Waals surface area (Å²) in [6, 6.07) is 10.2. The first-order valence-corrected chi connectivity index (χ1v) is 7.72. The van der Waals surface area contributed by atoms with Gasteiger partial charge in [0, 0.05) is 0 Å². The Hall–Kier alpha value is -1.81. The van der Waals surface area contributed by atoms with Crippen molar-refractivity contribution >= 4 is 27.0 Å². The Balaban J connectivity index is 2.11. The fourth-order valence-corrected chi connectivity index (χ4v) is 3.88. The Morgan fingerprint density at radius 1 is 1.10 bits per heavy atom. The van der Waals surface area contributed by atoms with Gasteiger partial charge in [-0.3, -0.25) is 4.98 Å². The molecule has 1 unspecified atom stereocenters. The normalized spacial score (nSPS) is 12.8. The van der Waals surface area contributed by atoms with Crippen molar-refractivity contribution in [3.05, 3.63) is 68.7 Å². The highest BCUT2D eigenvalue weighted by molar-refractivity contribution is 9.09. The fraction of sp³-hybridized carbons (Fsp3) is 0.235. The van der Waals surface area contributed by atoms with Crippen LogP contribution < -0.4 is 5.76 Å². The number of benzene rings is 2. The molecule has 3 nitrogen and oxygen atoms in total. The zero-order chi connectivity index (χ0) is 15.1. The zero-order valence-corrected chi connectivity index (χ0v) is 13.7. The third kappa shape index (κ3) is 2.56. The summed E-state index contributed by atoms with van der Waals surface area (Å²) in [5.41, 5.74) is 7.42. The van der Waals surface area contributed by atoms with E-state index in [2.05, 4.69) is 53.8 Å². The number of aryl methyl sites for hydroxylation is 3. The monoisotopic (exact) mass is 345 g/mol. The summed E-state index contributed by atoms with van der Waals surface area (Å²) >= 11 is 3.78. The lowest BCUT2D eigenvalue weighted by atomic mass is 9.94. The summed E-state index contributed by atoms with van der Waals surface area (Å²) in [6.45, 7) is 6.35. The second-order valence-corrected chi connectivity index (χ2v) is 6.36. The molecule has 1 atom stereocenters. The Kier molecular flexibility index (Phi) is 3.49. The number of oxazole rings is 1. The minimum absolute atomic E-state index is 0.0719. The minimum atomic E-state index is -0.420. The van der Waals surface area contributed by atoms with Gasteiger partial charge in [0.1, 0.15) is 0 Å². The molecule has 0 aliphatic rings. The van der Waals surface area contributed by atoms with E-state index in [9.17, 15) is 4.79 Å². The number of hydrogen-bond acceptors (Lipinski definition) is 2. The molecule has 0 amide bonds. The molecule has 0 saturated heterocycles. The third-order valence-electron chi connectivity index (χ3n) is 3.73.